The van der Waals surface area contributed by atoms with E-state index in [1.807, 2.05) is 11.8 Å². The van der Waals surface area contributed by atoms with E-state index in [0.29, 0.717) is 17.4 Å². The van der Waals surface area contributed by atoms with Crippen molar-refractivity contribution in [2.75, 3.05) is 18.8 Å². The van der Waals surface area contributed by atoms with Gasteiger partial charge in [0, 0.05) is 36.2 Å². The maximum atomic E-state index is 14.2. The average molecular weight is 281 g/mol. The molecule has 5 heteroatoms. The largest absolute Gasteiger partial charge is 0.384 e. The minimum absolute atomic E-state index is 0.205. The number of thioether (sulfide) groups is 1. The maximum Gasteiger partial charge on any atom is 0.138 e. The van der Waals surface area contributed by atoms with Crippen molar-refractivity contribution in [3.63, 3.8) is 0 Å². The Balaban J connectivity index is 2.10. The summed E-state index contributed by atoms with van der Waals surface area (Å²) >= 11 is 2.00. The van der Waals surface area contributed by atoms with Crippen LogP contribution in [-0.4, -0.2) is 34.8 Å². The number of hydrogen-bond acceptors (Lipinski definition) is 3. The van der Waals surface area contributed by atoms with Gasteiger partial charge in [0.2, 0.25) is 0 Å². The van der Waals surface area contributed by atoms with Crippen molar-refractivity contribution in [1.82, 2.24) is 4.90 Å². The maximum absolute atomic E-state index is 14.2. The molecule has 0 aliphatic carbocycles. The van der Waals surface area contributed by atoms with Crippen LogP contribution in [0.5, 0.6) is 0 Å². The normalized spacial score (nSPS) is 20.4. The van der Waals surface area contributed by atoms with Crippen molar-refractivity contribution in [3.05, 3.63) is 35.1 Å². The monoisotopic (exact) mass is 281 g/mol. The molecule has 1 heterocycles. The highest BCUT2D eigenvalue weighted by Crippen LogP contribution is 2.23. The Bertz CT molecular complexity index is 464. The van der Waals surface area contributed by atoms with Crippen LogP contribution < -0.4 is 5.73 Å². The molecule has 0 bridgehead atoms. The number of halogens is 1. The van der Waals surface area contributed by atoms with Crippen molar-refractivity contribution in [2.45, 2.75) is 25.1 Å². The standard InChI is InChI=1S/C14H20FN3S/c1-2-11-9-18(6-7-19-11)8-10-4-3-5-12(13(10)15)14(16)17/h3-5,11H,2,6-9H2,1H3,(H3,16,17). The molecule has 0 radical (unpaired) electrons. The highest BCUT2D eigenvalue weighted by Gasteiger charge is 2.20. The number of benzene rings is 1. The van der Waals surface area contributed by atoms with Gasteiger partial charge in [-0.05, 0) is 12.5 Å². The number of rotatable bonds is 4. The second-order valence-corrected chi connectivity index (χ2v) is 6.24. The summed E-state index contributed by atoms with van der Waals surface area (Å²) in [4.78, 5) is 2.28. The zero-order valence-corrected chi connectivity index (χ0v) is 12.0. The highest BCUT2D eigenvalue weighted by atomic mass is 32.2. The van der Waals surface area contributed by atoms with Gasteiger partial charge in [-0.2, -0.15) is 11.8 Å². The predicted octanol–water partition coefficient (Wildman–Crippen LogP) is 2.44. The van der Waals surface area contributed by atoms with Crippen molar-refractivity contribution < 1.29 is 4.39 Å². The van der Waals surface area contributed by atoms with Crippen LogP contribution in [-0.2, 0) is 6.54 Å². The van der Waals surface area contributed by atoms with E-state index in [1.165, 1.54) is 0 Å². The first kappa shape index (κ1) is 14.3. The zero-order valence-electron chi connectivity index (χ0n) is 11.2. The van der Waals surface area contributed by atoms with E-state index < -0.39 is 0 Å². The average Bonchev–Trinajstić information content (AvgIpc) is 2.41. The van der Waals surface area contributed by atoms with Crippen LogP contribution in [0.4, 0.5) is 4.39 Å². The molecule has 1 aliphatic rings. The van der Waals surface area contributed by atoms with E-state index in [2.05, 4.69) is 11.8 Å². The molecule has 3 N–H and O–H groups in total. The summed E-state index contributed by atoms with van der Waals surface area (Å²) in [6, 6.07) is 5.11. The first-order chi connectivity index (χ1) is 9.11. The van der Waals surface area contributed by atoms with Gasteiger partial charge in [0.1, 0.15) is 11.7 Å². The van der Waals surface area contributed by atoms with Crippen molar-refractivity contribution in [2.24, 2.45) is 5.73 Å². The topological polar surface area (TPSA) is 53.1 Å². The molecule has 104 valence electrons. The number of nitrogen functional groups attached to an aromatic ring is 1. The number of amidine groups is 1. The Labute approximate surface area is 117 Å². The third-order valence-electron chi connectivity index (χ3n) is 3.44. The Kier molecular flexibility index (Phi) is 4.82. The first-order valence-corrected chi connectivity index (χ1v) is 7.62. The molecule has 0 amide bonds. The van der Waals surface area contributed by atoms with E-state index >= 15 is 0 Å². The third kappa shape index (κ3) is 3.48. The van der Waals surface area contributed by atoms with Gasteiger partial charge in [-0.15, -0.1) is 0 Å². The Morgan fingerprint density at radius 3 is 3.05 bits per heavy atom. The van der Waals surface area contributed by atoms with Gasteiger partial charge >= 0.3 is 0 Å². The third-order valence-corrected chi connectivity index (χ3v) is 4.81. The van der Waals surface area contributed by atoms with Gasteiger partial charge in [0.15, 0.2) is 0 Å². The molecule has 1 atom stereocenters. The molecule has 1 aromatic carbocycles. The molecular weight excluding hydrogens is 261 g/mol. The lowest BCUT2D eigenvalue weighted by Crippen LogP contribution is -2.37. The summed E-state index contributed by atoms with van der Waals surface area (Å²) in [5.41, 5.74) is 6.22. The van der Waals surface area contributed by atoms with E-state index in [1.54, 1.807) is 18.2 Å². The van der Waals surface area contributed by atoms with Crippen molar-refractivity contribution >= 4 is 17.6 Å². The van der Waals surface area contributed by atoms with Gasteiger partial charge in [0.05, 0.1) is 5.56 Å². The highest BCUT2D eigenvalue weighted by molar-refractivity contribution is 8.00. The fraction of sp³-hybridized carbons (Fsp3) is 0.500. The Hall–Kier alpha value is -1.07. The number of hydrogen-bond donors (Lipinski definition) is 2. The van der Waals surface area contributed by atoms with E-state index in [0.717, 1.165) is 25.3 Å². The first-order valence-electron chi connectivity index (χ1n) is 6.57. The lowest BCUT2D eigenvalue weighted by molar-refractivity contribution is 0.269. The quantitative estimate of drug-likeness (QED) is 0.658. The van der Waals surface area contributed by atoms with Crippen LogP contribution in [0.3, 0.4) is 0 Å². The molecular formula is C14H20FN3S. The van der Waals surface area contributed by atoms with Crippen LogP contribution in [0.1, 0.15) is 24.5 Å². The second-order valence-electron chi connectivity index (χ2n) is 4.83. The fourth-order valence-electron chi connectivity index (χ4n) is 2.32. The smallest absolute Gasteiger partial charge is 0.138 e. The summed E-state index contributed by atoms with van der Waals surface area (Å²) in [6.07, 6.45) is 1.15. The molecule has 1 saturated heterocycles. The molecule has 1 aliphatic heterocycles. The van der Waals surface area contributed by atoms with Crippen molar-refractivity contribution in [1.29, 1.82) is 5.41 Å². The SMILES string of the molecule is CCC1CN(Cc2cccc(C(=N)N)c2F)CCS1. The molecule has 1 aromatic rings. The van der Waals surface area contributed by atoms with Gasteiger partial charge < -0.3 is 5.73 Å². The molecule has 19 heavy (non-hydrogen) atoms. The molecule has 3 nitrogen and oxygen atoms in total. The lowest BCUT2D eigenvalue weighted by Gasteiger charge is -2.32. The van der Waals surface area contributed by atoms with Crippen LogP contribution >= 0.6 is 11.8 Å². The van der Waals surface area contributed by atoms with E-state index in [9.17, 15) is 4.39 Å². The molecule has 0 aromatic heterocycles. The minimum Gasteiger partial charge on any atom is -0.384 e. The van der Waals surface area contributed by atoms with Crippen LogP contribution in [0.25, 0.3) is 0 Å². The predicted molar refractivity (Wildman–Crippen MR) is 79.2 cm³/mol. The number of nitrogens with one attached hydrogen (secondary N) is 1. The molecule has 2 rings (SSSR count). The van der Waals surface area contributed by atoms with Crippen molar-refractivity contribution in [3.8, 4) is 0 Å². The summed E-state index contributed by atoms with van der Waals surface area (Å²) in [5, 5.41) is 8.02. The molecule has 0 spiro atoms. The van der Waals surface area contributed by atoms with E-state index in [-0.39, 0.29) is 17.2 Å². The molecule has 1 unspecified atom stereocenters. The molecule has 0 saturated carbocycles. The Morgan fingerprint density at radius 1 is 1.58 bits per heavy atom. The Morgan fingerprint density at radius 2 is 2.37 bits per heavy atom. The summed E-state index contributed by atoms with van der Waals surface area (Å²) < 4.78 is 14.2. The van der Waals surface area contributed by atoms with E-state index in [4.69, 9.17) is 11.1 Å². The van der Waals surface area contributed by atoms with Gasteiger partial charge in [-0.25, -0.2) is 4.39 Å². The zero-order chi connectivity index (χ0) is 13.8. The summed E-state index contributed by atoms with van der Waals surface area (Å²) in [6.45, 7) is 4.79. The van der Waals surface area contributed by atoms with Crippen LogP contribution in [0.2, 0.25) is 0 Å². The summed E-state index contributed by atoms with van der Waals surface area (Å²) in [5.74, 6) is 0.549. The van der Waals surface area contributed by atoms with Crippen LogP contribution in [0, 0.1) is 11.2 Å². The van der Waals surface area contributed by atoms with Gasteiger partial charge in [-0.1, -0.05) is 19.1 Å². The number of nitrogens with zero attached hydrogens (tertiary/aromatic N) is 1. The van der Waals surface area contributed by atoms with Gasteiger partial charge in [0.25, 0.3) is 0 Å². The van der Waals surface area contributed by atoms with Gasteiger partial charge in [-0.3, -0.25) is 10.3 Å². The minimum atomic E-state index is -0.346. The number of nitrogens with two attached hydrogens (primary N) is 1. The molecule has 1 fully saturated rings. The van der Waals surface area contributed by atoms with Crippen LogP contribution in [0.15, 0.2) is 18.2 Å². The summed E-state index contributed by atoms with van der Waals surface area (Å²) in [7, 11) is 0. The second kappa shape index (κ2) is 6.39. The fourth-order valence-corrected chi connectivity index (χ4v) is 3.57. The lowest BCUT2D eigenvalue weighted by atomic mass is 10.1.